The number of benzene rings is 1. The number of hydrogen-bond donors (Lipinski definition) is 2. The number of nitrogens with zero attached hydrogens (tertiary/aromatic N) is 3. The Morgan fingerprint density at radius 1 is 1.41 bits per heavy atom. The van der Waals surface area contributed by atoms with Crippen LogP contribution in [0.5, 0.6) is 0 Å². The number of carbonyl (C=O) groups is 2. The fraction of sp³-hybridized carbons (Fsp3) is 0.300. The average Bonchev–Trinajstić information content (AvgIpc) is 3.46. The van der Waals surface area contributed by atoms with E-state index >= 15 is 0 Å². The van der Waals surface area contributed by atoms with Gasteiger partial charge in [0.2, 0.25) is 5.91 Å². The molecule has 0 bridgehead atoms. The number of carbonyl (C=O) groups excluding carboxylic acids is 2. The van der Waals surface area contributed by atoms with Crippen molar-refractivity contribution < 1.29 is 18.4 Å². The third-order valence-corrected chi connectivity index (χ3v) is 5.30. The van der Waals surface area contributed by atoms with Crippen molar-refractivity contribution in [2.24, 2.45) is 0 Å². The first-order valence-corrected chi connectivity index (χ1v) is 9.07. The summed E-state index contributed by atoms with van der Waals surface area (Å²) in [5, 5.41) is 14.5. The minimum Gasteiger partial charge on any atom is -0.346 e. The van der Waals surface area contributed by atoms with E-state index in [9.17, 15) is 18.4 Å². The predicted molar refractivity (Wildman–Crippen MR) is 98.5 cm³/mol. The van der Waals surface area contributed by atoms with Crippen molar-refractivity contribution in [3.63, 3.8) is 0 Å². The molecule has 1 aliphatic carbocycles. The number of anilines is 1. The smallest absolute Gasteiger partial charge is 0.323 e. The van der Waals surface area contributed by atoms with Crippen LogP contribution in [0.3, 0.4) is 0 Å². The van der Waals surface area contributed by atoms with E-state index in [4.69, 9.17) is 5.26 Å². The van der Waals surface area contributed by atoms with Gasteiger partial charge in [-0.05, 0) is 38.0 Å². The molecule has 1 atom stereocenters. The highest BCUT2D eigenvalue weighted by molar-refractivity contribution is 5.97. The third kappa shape index (κ3) is 3.27. The van der Waals surface area contributed by atoms with Crippen molar-refractivity contribution in [3.8, 4) is 6.07 Å². The van der Waals surface area contributed by atoms with Crippen molar-refractivity contribution in [2.45, 2.75) is 31.3 Å². The monoisotopic (exact) mass is 397 g/mol. The van der Waals surface area contributed by atoms with E-state index in [2.05, 4.69) is 21.7 Å². The van der Waals surface area contributed by atoms with Gasteiger partial charge in [0.05, 0.1) is 35.1 Å². The van der Waals surface area contributed by atoms with E-state index in [1.165, 1.54) is 11.8 Å². The maximum absolute atomic E-state index is 13.9. The molecule has 2 aromatic rings. The summed E-state index contributed by atoms with van der Waals surface area (Å²) in [5.74, 6) is -2.16. The number of hydrogen-bond acceptors (Lipinski definition) is 4. The molecule has 2 heterocycles. The van der Waals surface area contributed by atoms with Crippen LogP contribution in [-0.4, -0.2) is 28.4 Å². The molecule has 2 aliphatic rings. The van der Waals surface area contributed by atoms with Gasteiger partial charge in [-0.25, -0.2) is 13.6 Å². The summed E-state index contributed by atoms with van der Waals surface area (Å²) in [6.45, 7) is 1.29. The van der Waals surface area contributed by atoms with Crippen molar-refractivity contribution in [2.75, 3.05) is 11.9 Å². The normalized spacial score (nSPS) is 17.2. The lowest BCUT2D eigenvalue weighted by atomic mass is 9.96. The molecule has 0 unspecified atom stereocenters. The highest BCUT2D eigenvalue weighted by Gasteiger charge is 2.55. The van der Waals surface area contributed by atoms with Crippen LogP contribution in [0.2, 0.25) is 0 Å². The van der Waals surface area contributed by atoms with E-state index in [1.54, 1.807) is 18.2 Å². The number of urea groups is 1. The Hall–Kier alpha value is -3.54. The number of nitriles is 1. The minimum absolute atomic E-state index is 0.0898. The van der Waals surface area contributed by atoms with Crippen molar-refractivity contribution in [1.82, 2.24) is 15.2 Å². The molecule has 148 valence electrons. The second kappa shape index (κ2) is 6.81. The van der Waals surface area contributed by atoms with Crippen LogP contribution in [-0.2, 0) is 10.3 Å². The zero-order chi connectivity index (χ0) is 20.8. The Bertz CT molecular complexity index is 1060. The number of fused-ring (bicyclic) bond motifs is 2. The molecule has 1 saturated carbocycles. The Kier molecular flexibility index (Phi) is 4.42. The van der Waals surface area contributed by atoms with E-state index in [0.29, 0.717) is 30.2 Å². The zero-order valence-electron chi connectivity index (χ0n) is 15.5. The number of pyridine rings is 1. The van der Waals surface area contributed by atoms with Gasteiger partial charge < -0.3 is 15.5 Å². The molecule has 1 aromatic carbocycles. The van der Waals surface area contributed by atoms with Crippen molar-refractivity contribution in [1.29, 1.82) is 5.26 Å². The quantitative estimate of drug-likeness (QED) is 0.829. The maximum Gasteiger partial charge on any atom is 0.323 e. The number of nitrogens with one attached hydrogen (secondary N) is 2. The molecule has 29 heavy (non-hydrogen) atoms. The minimum atomic E-state index is -0.856. The summed E-state index contributed by atoms with van der Waals surface area (Å²) < 4.78 is 26.9. The molecule has 0 radical (unpaired) electrons. The summed E-state index contributed by atoms with van der Waals surface area (Å²) in [6, 6.07) is 6.62. The molecule has 2 N–H and O–H groups in total. The highest BCUT2D eigenvalue weighted by Crippen LogP contribution is 2.55. The number of halogens is 2. The van der Waals surface area contributed by atoms with Crippen LogP contribution in [0.25, 0.3) is 0 Å². The largest absolute Gasteiger partial charge is 0.346 e. The third-order valence-electron chi connectivity index (χ3n) is 5.30. The van der Waals surface area contributed by atoms with Gasteiger partial charge in [0, 0.05) is 17.3 Å². The second-order valence-corrected chi connectivity index (χ2v) is 7.23. The zero-order valence-corrected chi connectivity index (χ0v) is 15.5. The van der Waals surface area contributed by atoms with Gasteiger partial charge in [0.25, 0.3) is 0 Å². The molecule has 3 amide bonds. The summed E-state index contributed by atoms with van der Waals surface area (Å²) in [4.78, 5) is 30.3. The summed E-state index contributed by atoms with van der Waals surface area (Å²) in [6.07, 6.45) is 2.24. The lowest BCUT2D eigenvalue weighted by Crippen LogP contribution is -2.51. The molecule has 7 nitrogen and oxygen atoms in total. The molecule has 1 aromatic heterocycles. The number of rotatable bonds is 4. The van der Waals surface area contributed by atoms with Crippen LogP contribution in [0.15, 0.2) is 30.5 Å². The molecule has 4 rings (SSSR count). The maximum atomic E-state index is 13.9. The number of aromatic nitrogens is 1. The van der Waals surface area contributed by atoms with Gasteiger partial charge >= 0.3 is 6.03 Å². The molecular formula is C20H17F2N5O2. The van der Waals surface area contributed by atoms with Crippen molar-refractivity contribution >= 4 is 17.6 Å². The van der Waals surface area contributed by atoms with Gasteiger partial charge in [-0.15, -0.1) is 0 Å². The van der Waals surface area contributed by atoms with Crippen molar-refractivity contribution in [3.05, 3.63) is 58.9 Å². The van der Waals surface area contributed by atoms with E-state index in [-0.39, 0.29) is 12.2 Å². The van der Waals surface area contributed by atoms with E-state index in [1.807, 2.05) is 0 Å². The fourth-order valence-electron chi connectivity index (χ4n) is 3.75. The lowest BCUT2D eigenvalue weighted by Gasteiger charge is -2.37. The fourth-order valence-corrected chi connectivity index (χ4v) is 3.75. The standard InChI is InChI=1S/C20H17F2N5O2/c1-11(18-15(22)7-13(21)9-24-18)25-17(28)10-27-19(29)26-16-3-2-12(8-23)6-14(16)20(27)4-5-20/h2-3,6-7,9,11H,4-5,10H2,1H3,(H,25,28)(H,26,29)/t11-/m1/s1. The Morgan fingerprint density at radius 2 is 2.17 bits per heavy atom. The lowest BCUT2D eigenvalue weighted by molar-refractivity contribution is -0.123. The van der Waals surface area contributed by atoms with Crippen LogP contribution in [0, 0.1) is 23.0 Å². The van der Waals surface area contributed by atoms with Crippen LogP contribution < -0.4 is 10.6 Å². The van der Waals surface area contributed by atoms with Gasteiger partial charge in [0.15, 0.2) is 0 Å². The molecule has 1 fully saturated rings. The molecular weight excluding hydrogens is 380 g/mol. The van der Waals surface area contributed by atoms with Crippen LogP contribution in [0.4, 0.5) is 19.3 Å². The first kappa shape index (κ1) is 18.8. The van der Waals surface area contributed by atoms with Gasteiger partial charge in [-0.3, -0.25) is 9.78 Å². The molecule has 0 saturated heterocycles. The summed E-state index contributed by atoms with van der Waals surface area (Å²) in [7, 11) is 0. The topological polar surface area (TPSA) is 98.1 Å². The Labute approximate surface area is 165 Å². The average molecular weight is 397 g/mol. The van der Waals surface area contributed by atoms with Crippen LogP contribution in [0.1, 0.15) is 42.6 Å². The second-order valence-electron chi connectivity index (χ2n) is 7.23. The van der Waals surface area contributed by atoms with Crippen LogP contribution >= 0.6 is 0 Å². The predicted octanol–water partition coefficient (Wildman–Crippen LogP) is 2.95. The Morgan fingerprint density at radius 3 is 2.83 bits per heavy atom. The van der Waals surface area contributed by atoms with Gasteiger partial charge in [-0.1, -0.05) is 0 Å². The number of amides is 3. The van der Waals surface area contributed by atoms with Gasteiger partial charge in [-0.2, -0.15) is 5.26 Å². The first-order chi connectivity index (χ1) is 13.8. The van der Waals surface area contributed by atoms with E-state index in [0.717, 1.165) is 11.8 Å². The highest BCUT2D eigenvalue weighted by atomic mass is 19.1. The molecule has 1 spiro atoms. The first-order valence-electron chi connectivity index (χ1n) is 9.07. The van der Waals surface area contributed by atoms with E-state index < -0.39 is 35.2 Å². The summed E-state index contributed by atoms with van der Waals surface area (Å²) in [5.41, 5.74) is 1.21. The van der Waals surface area contributed by atoms with Gasteiger partial charge in [0.1, 0.15) is 18.2 Å². The summed E-state index contributed by atoms with van der Waals surface area (Å²) >= 11 is 0. The Balaban J connectivity index is 1.52. The molecule has 1 aliphatic heterocycles. The molecule has 9 heteroatoms. The SMILES string of the molecule is C[C@@H](NC(=O)CN1C(=O)Nc2ccc(C#N)cc2C12CC2)c1ncc(F)cc1F.